The van der Waals surface area contributed by atoms with E-state index >= 15 is 0 Å². The Labute approximate surface area is 145 Å². The van der Waals surface area contributed by atoms with Crippen LogP contribution in [-0.4, -0.2) is 20.7 Å². The number of carbonyl (C=O) groups is 1. The van der Waals surface area contributed by atoms with Gasteiger partial charge >= 0.3 is 0 Å². The lowest BCUT2D eigenvalue weighted by Crippen LogP contribution is -2.29. The van der Waals surface area contributed by atoms with Crippen LogP contribution in [0.3, 0.4) is 0 Å². The third-order valence-corrected chi connectivity index (χ3v) is 3.75. The highest BCUT2D eigenvalue weighted by Gasteiger charge is 2.10. The van der Waals surface area contributed by atoms with Crippen molar-refractivity contribution in [3.8, 4) is 0 Å². The largest absolute Gasteiger partial charge is 0.347 e. The molecule has 0 fully saturated rings. The average Bonchev–Trinajstić information content (AvgIpc) is 2.64. The molecule has 0 aliphatic heterocycles. The molecule has 0 atom stereocenters. The number of aromatic nitrogens is 3. The van der Waals surface area contributed by atoms with Gasteiger partial charge in [0.25, 0.3) is 11.5 Å². The molecule has 6 nitrogen and oxygen atoms in total. The molecule has 6 heteroatoms. The maximum Gasteiger partial charge on any atom is 0.271 e. The van der Waals surface area contributed by atoms with Gasteiger partial charge in [0.2, 0.25) is 0 Å². The number of hydrogen-bond donors (Lipinski definition) is 1. The number of benzene rings is 1. The van der Waals surface area contributed by atoms with Crippen molar-refractivity contribution < 1.29 is 4.79 Å². The summed E-state index contributed by atoms with van der Waals surface area (Å²) in [4.78, 5) is 28.2. The van der Waals surface area contributed by atoms with Gasteiger partial charge in [-0.3, -0.25) is 14.6 Å². The SMILES string of the molecule is Cc1ccc(Cn2nc(C(=O)NCc3ccncc3)ccc2=O)cc1. The molecule has 2 heterocycles. The fourth-order valence-corrected chi connectivity index (χ4v) is 2.32. The van der Waals surface area contributed by atoms with E-state index in [0.29, 0.717) is 13.1 Å². The predicted molar refractivity (Wildman–Crippen MR) is 94.2 cm³/mol. The summed E-state index contributed by atoms with van der Waals surface area (Å²) in [6.45, 7) is 2.70. The van der Waals surface area contributed by atoms with E-state index in [4.69, 9.17) is 0 Å². The maximum absolute atomic E-state index is 12.3. The molecule has 25 heavy (non-hydrogen) atoms. The molecule has 2 aromatic heterocycles. The van der Waals surface area contributed by atoms with E-state index in [1.165, 1.54) is 16.8 Å². The van der Waals surface area contributed by atoms with Crippen LogP contribution in [0.25, 0.3) is 0 Å². The first kappa shape index (κ1) is 16.6. The first-order chi connectivity index (χ1) is 12.1. The summed E-state index contributed by atoms with van der Waals surface area (Å²) in [5, 5.41) is 6.97. The van der Waals surface area contributed by atoms with E-state index in [1.807, 2.05) is 43.3 Å². The molecule has 3 rings (SSSR count). The van der Waals surface area contributed by atoms with E-state index in [-0.39, 0.29) is 17.2 Å². The second-order valence-corrected chi connectivity index (χ2v) is 5.74. The number of aryl methyl sites for hydroxylation is 1. The van der Waals surface area contributed by atoms with Gasteiger partial charge in [0.15, 0.2) is 0 Å². The Morgan fingerprint density at radius 1 is 1.00 bits per heavy atom. The Bertz CT molecular complexity index is 918. The number of amides is 1. The highest BCUT2D eigenvalue weighted by molar-refractivity contribution is 5.91. The minimum Gasteiger partial charge on any atom is -0.347 e. The molecule has 0 saturated heterocycles. The summed E-state index contributed by atoms with van der Waals surface area (Å²) in [7, 11) is 0. The van der Waals surface area contributed by atoms with Crippen molar-refractivity contribution in [1.29, 1.82) is 0 Å². The quantitative estimate of drug-likeness (QED) is 0.773. The van der Waals surface area contributed by atoms with Crippen molar-refractivity contribution in [2.24, 2.45) is 0 Å². The topological polar surface area (TPSA) is 76.9 Å². The Kier molecular flexibility index (Phi) is 4.99. The van der Waals surface area contributed by atoms with Gasteiger partial charge in [-0.05, 0) is 36.2 Å². The molecule has 1 amide bonds. The molecule has 1 N–H and O–H groups in total. The van der Waals surface area contributed by atoms with Gasteiger partial charge in [-0.15, -0.1) is 0 Å². The van der Waals surface area contributed by atoms with Crippen LogP contribution in [0.15, 0.2) is 65.7 Å². The first-order valence-corrected chi connectivity index (χ1v) is 7.92. The minimum absolute atomic E-state index is 0.209. The summed E-state index contributed by atoms with van der Waals surface area (Å²) >= 11 is 0. The molecule has 0 radical (unpaired) electrons. The molecule has 0 aliphatic carbocycles. The Morgan fingerprint density at radius 3 is 2.44 bits per heavy atom. The van der Waals surface area contributed by atoms with Gasteiger partial charge in [-0.2, -0.15) is 5.10 Å². The normalized spacial score (nSPS) is 10.4. The standard InChI is InChI=1S/C19H18N4O2/c1-14-2-4-16(5-3-14)13-23-18(24)7-6-17(22-23)19(25)21-12-15-8-10-20-11-9-15/h2-11H,12-13H2,1H3,(H,21,25). The highest BCUT2D eigenvalue weighted by Crippen LogP contribution is 2.04. The molecule has 0 bridgehead atoms. The van der Waals surface area contributed by atoms with Gasteiger partial charge in [0.1, 0.15) is 5.69 Å². The van der Waals surface area contributed by atoms with E-state index in [9.17, 15) is 9.59 Å². The zero-order chi connectivity index (χ0) is 17.6. The lowest BCUT2D eigenvalue weighted by atomic mass is 10.1. The smallest absolute Gasteiger partial charge is 0.271 e. The Hall–Kier alpha value is -3.28. The first-order valence-electron chi connectivity index (χ1n) is 7.92. The monoisotopic (exact) mass is 334 g/mol. The number of carbonyl (C=O) groups excluding carboxylic acids is 1. The summed E-state index contributed by atoms with van der Waals surface area (Å²) in [5.41, 5.74) is 3.01. The summed E-state index contributed by atoms with van der Waals surface area (Å²) in [6, 6.07) is 14.3. The Morgan fingerprint density at radius 2 is 1.72 bits per heavy atom. The van der Waals surface area contributed by atoms with Gasteiger partial charge in [-0.25, -0.2) is 4.68 Å². The van der Waals surface area contributed by atoms with Crippen molar-refractivity contribution >= 4 is 5.91 Å². The molecule has 0 saturated carbocycles. The zero-order valence-electron chi connectivity index (χ0n) is 13.8. The molecule has 126 valence electrons. The van der Waals surface area contributed by atoms with E-state index in [2.05, 4.69) is 15.4 Å². The molecule has 0 unspecified atom stereocenters. The van der Waals surface area contributed by atoms with E-state index in [1.54, 1.807) is 12.4 Å². The second-order valence-electron chi connectivity index (χ2n) is 5.74. The second kappa shape index (κ2) is 7.53. The summed E-state index contributed by atoms with van der Waals surface area (Å²) in [6.07, 6.45) is 3.34. The number of nitrogens with zero attached hydrogens (tertiary/aromatic N) is 3. The Balaban J connectivity index is 1.73. The van der Waals surface area contributed by atoms with Crippen LogP contribution in [0.5, 0.6) is 0 Å². The van der Waals surface area contributed by atoms with Crippen molar-refractivity contribution in [3.05, 3.63) is 93.7 Å². The number of nitrogens with one attached hydrogen (secondary N) is 1. The predicted octanol–water partition coefficient (Wildman–Crippen LogP) is 1.93. The number of pyridine rings is 1. The molecule has 0 spiro atoms. The van der Waals surface area contributed by atoms with Gasteiger partial charge < -0.3 is 5.32 Å². The van der Waals surface area contributed by atoms with Crippen LogP contribution in [0, 0.1) is 6.92 Å². The van der Waals surface area contributed by atoms with Gasteiger partial charge in [0.05, 0.1) is 6.54 Å². The van der Waals surface area contributed by atoms with Crippen LogP contribution >= 0.6 is 0 Å². The van der Waals surface area contributed by atoms with Crippen LogP contribution in [0.4, 0.5) is 0 Å². The van der Waals surface area contributed by atoms with Gasteiger partial charge in [0, 0.05) is 25.0 Å². The molecular weight excluding hydrogens is 316 g/mol. The fourth-order valence-electron chi connectivity index (χ4n) is 2.32. The maximum atomic E-state index is 12.3. The molecule has 1 aromatic carbocycles. The average molecular weight is 334 g/mol. The highest BCUT2D eigenvalue weighted by atomic mass is 16.2. The lowest BCUT2D eigenvalue weighted by Gasteiger charge is -2.08. The number of hydrogen-bond acceptors (Lipinski definition) is 4. The third-order valence-electron chi connectivity index (χ3n) is 3.75. The van der Waals surface area contributed by atoms with Gasteiger partial charge in [-0.1, -0.05) is 29.8 Å². The minimum atomic E-state index is -0.325. The van der Waals surface area contributed by atoms with Crippen LogP contribution < -0.4 is 10.9 Å². The van der Waals surface area contributed by atoms with Crippen molar-refractivity contribution in [2.75, 3.05) is 0 Å². The van der Waals surface area contributed by atoms with Crippen LogP contribution in [0.1, 0.15) is 27.2 Å². The van der Waals surface area contributed by atoms with E-state index in [0.717, 1.165) is 16.7 Å². The third kappa shape index (κ3) is 4.38. The fraction of sp³-hybridized carbons (Fsp3) is 0.158. The summed E-state index contributed by atoms with van der Waals surface area (Å²) < 4.78 is 1.30. The molecule has 0 aliphatic rings. The lowest BCUT2D eigenvalue weighted by molar-refractivity contribution is 0.0943. The van der Waals surface area contributed by atoms with Crippen molar-refractivity contribution in [3.63, 3.8) is 0 Å². The van der Waals surface area contributed by atoms with Crippen LogP contribution in [0.2, 0.25) is 0 Å². The van der Waals surface area contributed by atoms with Crippen molar-refractivity contribution in [2.45, 2.75) is 20.0 Å². The molecular formula is C19H18N4O2. The zero-order valence-corrected chi connectivity index (χ0v) is 13.8. The van der Waals surface area contributed by atoms with Crippen molar-refractivity contribution in [1.82, 2.24) is 20.1 Å². The van der Waals surface area contributed by atoms with E-state index < -0.39 is 0 Å². The van der Waals surface area contributed by atoms with Crippen LogP contribution in [-0.2, 0) is 13.1 Å². The molecule has 3 aromatic rings. The number of rotatable bonds is 5. The summed E-state index contributed by atoms with van der Waals surface area (Å²) in [5.74, 6) is -0.325.